The topological polar surface area (TPSA) is 58.6 Å². The fourth-order valence-electron chi connectivity index (χ4n) is 2.13. The number of benzene rings is 1. The Morgan fingerprint density at radius 1 is 1.44 bits per heavy atom. The van der Waals surface area contributed by atoms with Crippen LogP contribution in [0, 0.1) is 5.92 Å². The van der Waals surface area contributed by atoms with Crippen LogP contribution in [-0.4, -0.2) is 24.7 Å². The molecule has 0 aromatic heterocycles. The largest absolute Gasteiger partial charge is 0.497 e. The van der Waals surface area contributed by atoms with Crippen LogP contribution in [0.2, 0.25) is 0 Å². The Balaban J connectivity index is 2.19. The van der Waals surface area contributed by atoms with Crippen LogP contribution in [0.25, 0.3) is 0 Å². The van der Waals surface area contributed by atoms with Crippen molar-refractivity contribution in [3.8, 4) is 5.75 Å². The number of methoxy groups -OCH3 is 1. The van der Waals surface area contributed by atoms with Gasteiger partial charge in [-0.15, -0.1) is 0 Å². The molecule has 16 heavy (non-hydrogen) atoms. The fraction of sp³-hybridized carbons (Fsp3) is 0.417. The summed E-state index contributed by atoms with van der Waals surface area (Å²) in [6, 6.07) is 7.46. The summed E-state index contributed by atoms with van der Waals surface area (Å²) in [7, 11) is 1.61. The van der Waals surface area contributed by atoms with Gasteiger partial charge in [0.25, 0.3) is 0 Å². The Morgan fingerprint density at radius 3 is 2.69 bits per heavy atom. The van der Waals surface area contributed by atoms with Crippen LogP contribution in [0.4, 0.5) is 0 Å². The van der Waals surface area contributed by atoms with Crippen LogP contribution in [0.1, 0.15) is 18.0 Å². The molecule has 0 amide bonds. The van der Waals surface area contributed by atoms with Crippen LogP contribution in [-0.2, 0) is 4.79 Å². The van der Waals surface area contributed by atoms with Crippen molar-refractivity contribution < 1.29 is 14.6 Å². The van der Waals surface area contributed by atoms with E-state index >= 15 is 0 Å². The van der Waals surface area contributed by atoms with Gasteiger partial charge in [0, 0.05) is 6.04 Å². The molecule has 1 aromatic rings. The van der Waals surface area contributed by atoms with Gasteiger partial charge in [0.2, 0.25) is 0 Å². The van der Waals surface area contributed by atoms with Crippen LogP contribution < -0.4 is 10.1 Å². The lowest BCUT2D eigenvalue weighted by Crippen LogP contribution is -2.23. The van der Waals surface area contributed by atoms with Crippen molar-refractivity contribution in [1.82, 2.24) is 5.32 Å². The van der Waals surface area contributed by atoms with Crippen molar-refractivity contribution in [2.75, 3.05) is 13.7 Å². The lowest BCUT2D eigenvalue weighted by atomic mass is 9.94. The van der Waals surface area contributed by atoms with Crippen molar-refractivity contribution in [2.24, 2.45) is 5.92 Å². The van der Waals surface area contributed by atoms with Crippen molar-refractivity contribution in [2.45, 2.75) is 12.5 Å². The number of nitrogens with one attached hydrogen (secondary N) is 1. The van der Waals surface area contributed by atoms with Crippen molar-refractivity contribution in [3.05, 3.63) is 29.8 Å². The van der Waals surface area contributed by atoms with E-state index in [1.54, 1.807) is 7.11 Å². The minimum atomic E-state index is -0.731. The van der Waals surface area contributed by atoms with E-state index in [1.807, 2.05) is 24.3 Å². The third-order valence-corrected chi connectivity index (χ3v) is 3.01. The maximum Gasteiger partial charge on any atom is 0.308 e. The second-order valence-electron chi connectivity index (χ2n) is 3.94. The molecular weight excluding hydrogens is 206 g/mol. The predicted molar refractivity (Wildman–Crippen MR) is 59.5 cm³/mol. The standard InChI is InChI=1S/C12H15NO3/c1-16-9-4-2-8(3-5-9)11-10(12(14)15)6-7-13-11/h2-5,10-11,13H,6-7H2,1H3,(H,14,15)/t10-,11+/m1/s1. The van der Waals surface area contributed by atoms with Gasteiger partial charge in [0.1, 0.15) is 5.75 Å². The lowest BCUT2D eigenvalue weighted by Gasteiger charge is -2.16. The molecule has 1 heterocycles. The summed E-state index contributed by atoms with van der Waals surface area (Å²) in [5, 5.41) is 12.3. The van der Waals surface area contributed by atoms with Crippen LogP contribution in [0.15, 0.2) is 24.3 Å². The number of carbonyl (C=O) groups is 1. The Hall–Kier alpha value is -1.55. The quantitative estimate of drug-likeness (QED) is 0.810. The SMILES string of the molecule is COc1ccc([C@@H]2NCC[C@H]2C(=O)O)cc1. The number of rotatable bonds is 3. The summed E-state index contributed by atoms with van der Waals surface area (Å²) < 4.78 is 5.07. The van der Waals surface area contributed by atoms with Gasteiger partial charge in [-0.25, -0.2) is 0 Å². The zero-order valence-electron chi connectivity index (χ0n) is 9.14. The van der Waals surface area contributed by atoms with Gasteiger partial charge in [0.05, 0.1) is 13.0 Å². The van der Waals surface area contributed by atoms with Gasteiger partial charge in [0.15, 0.2) is 0 Å². The first-order valence-corrected chi connectivity index (χ1v) is 5.32. The third-order valence-electron chi connectivity index (χ3n) is 3.01. The van der Waals surface area contributed by atoms with E-state index < -0.39 is 5.97 Å². The Kier molecular flexibility index (Phi) is 3.10. The van der Waals surface area contributed by atoms with Crippen molar-refractivity contribution in [3.63, 3.8) is 0 Å². The molecule has 86 valence electrons. The van der Waals surface area contributed by atoms with Crippen LogP contribution in [0.3, 0.4) is 0 Å². The van der Waals surface area contributed by atoms with Crippen LogP contribution in [0.5, 0.6) is 5.75 Å². The number of hydrogen-bond donors (Lipinski definition) is 2. The van der Waals surface area contributed by atoms with Gasteiger partial charge >= 0.3 is 5.97 Å². The third kappa shape index (κ3) is 2.02. The molecule has 1 aromatic carbocycles. The zero-order chi connectivity index (χ0) is 11.5. The summed E-state index contributed by atoms with van der Waals surface area (Å²) in [4.78, 5) is 11.0. The molecule has 1 saturated heterocycles. The van der Waals surface area contributed by atoms with Crippen molar-refractivity contribution in [1.29, 1.82) is 0 Å². The molecule has 0 spiro atoms. The normalized spacial score (nSPS) is 24.3. The second-order valence-corrected chi connectivity index (χ2v) is 3.94. The van der Waals surface area contributed by atoms with Gasteiger partial charge < -0.3 is 15.2 Å². The molecule has 2 atom stereocenters. The molecule has 2 rings (SSSR count). The van der Waals surface area contributed by atoms with E-state index in [2.05, 4.69) is 5.32 Å². The molecule has 2 N–H and O–H groups in total. The smallest absolute Gasteiger partial charge is 0.308 e. The number of carboxylic acid groups (broad SMARTS) is 1. The molecule has 0 unspecified atom stereocenters. The summed E-state index contributed by atoms with van der Waals surface area (Å²) in [5.41, 5.74) is 1.01. The van der Waals surface area contributed by atoms with Gasteiger partial charge in [-0.1, -0.05) is 12.1 Å². The Bertz CT molecular complexity index is 374. The average Bonchev–Trinajstić information content (AvgIpc) is 2.78. The molecule has 0 radical (unpaired) electrons. The molecule has 1 aliphatic rings. The number of ether oxygens (including phenoxy) is 1. The number of aliphatic carboxylic acids is 1. The van der Waals surface area contributed by atoms with Crippen LogP contribution >= 0.6 is 0 Å². The molecular formula is C12H15NO3. The molecule has 0 bridgehead atoms. The molecule has 0 saturated carbocycles. The minimum absolute atomic E-state index is 0.0802. The highest BCUT2D eigenvalue weighted by molar-refractivity contribution is 5.71. The number of hydrogen-bond acceptors (Lipinski definition) is 3. The average molecular weight is 221 g/mol. The predicted octanol–water partition coefficient (Wildman–Crippen LogP) is 1.43. The first-order valence-electron chi connectivity index (χ1n) is 5.32. The van der Waals surface area contributed by atoms with Gasteiger partial charge in [-0.05, 0) is 30.7 Å². The van der Waals surface area contributed by atoms with E-state index in [-0.39, 0.29) is 12.0 Å². The van der Waals surface area contributed by atoms with E-state index in [0.717, 1.165) is 17.9 Å². The molecule has 0 aliphatic carbocycles. The zero-order valence-corrected chi connectivity index (χ0v) is 9.14. The monoisotopic (exact) mass is 221 g/mol. The van der Waals surface area contributed by atoms with Gasteiger partial charge in [-0.2, -0.15) is 0 Å². The summed E-state index contributed by atoms with van der Waals surface area (Å²) in [6.45, 7) is 0.758. The van der Waals surface area contributed by atoms with Crippen molar-refractivity contribution >= 4 is 5.97 Å². The highest BCUT2D eigenvalue weighted by atomic mass is 16.5. The van der Waals surface area contributed by atoms with Gasteiger partial charge in [-0.3, -0.25) is 4.79 Å². The maximum absolute atomic E-state index is 11.0. The summed E-state index contributed by atoms with van der Waals surface area (Å²) in [6.07, 6.45) is 0.687. The molecule has 1 fully saturated rings. The van der Waals surface area contributed by atoms with E-state index in [9.17, 15) is 4.79 Å². The first-order chi connectivity index (χ1) is 7.72. The van der Waals surface area contributed by atoms with E-state index in [4.69, 9.17) is 9.84 Å². The second kappa shape index (κ2) is 4.53. The lowest BCUT2D eigenvalue weighted by molar-refractivity contribution is -0.142. The number of carboxylic acids is 1. The minimum Gasteiger partial charge on any atom is -0.497 e. The maximum atomic E-state index is 11.0. The highest BCUT2D eigenvalue weighted by Crippen LogP contribution is 2.30. The Labute approximate surface area is 94.2 Å². The Morgan fingerprint density at radius 2 is 2.12 bits per heavy atom. The molecule has 1 aliphatic heterocycles. The summed E-state index contributed by atoms with van der Waals surface area (Å²) >= 11 is 0. The van der Waals surface area contributed by atoms with E-state index in [1.165, 1.54) is 0 Å². The highest BCUT2D eigenvalue weighted by Gasteiger charge is 2.33. The fourth-order valence-corrected chi connectivity index (χ4v) is 2.13. The van der Waals surface area contributed by atoms with E-state index in [0.29, 0.717) is 6.42 Å². The first kappa shape index (κ1) is 11.0. The molecule has 4 heteroatoms. The molecule has 4 nitrogen and oxygen atoms in total. The summed E-state index contributed by atoms with van der Waals surface area (Å²) in [5.74, 6) is -0.271.